The number of nitriles is 1. The molecule has 0 amide bonds. The number of nitro benzene ring substituents is 1. The van der Waals surface area contributed by atoms with Crippen molar-refractivity contribution in [2.75, 3.05) is 5.32 Å². The third-order valence-corrected chi connectivity index (χ3v) is 2.72. The summed E-state index contributed by atoms with van der Waals surface area (Å²) < 4.78 is 41.0. The van der Waals surface area contributed by atoms with Crippen molar-refractivity contribution in [1.29, 1.82) is 5.26 Å². The van der Waals surface area contributed by atoms with E-state index in [2.05, 4.69) is 10.1 Å². The van der Waals surface area contributed by atoms with Crippen LogP contribution in [0.3, 0.4) is 0 Å². The first-order valence-electron chi connectivity index (χ1n) is 6.10. The zero-order valence-corrected chi connectivity index (χ0v) is 11.3. The third kappa shape index (κ3) is 4.10. The first-order chi connectivity index (χ1) is 10.8. The van der Waals surface area contributed by atoms with Crippen molar-refractivity contribution in [3.63, 3.8) is 0 Å². The first-order valence-corrected chi connectivity index (χ1v) is 6.10. The maximum atomic E-state index is 12.4. The number of anilines is 2. The van der Waals surface area contributed by atoms with Crippen molar-refractivity contribution in [1.82, 2.24) is 0 Å². The number of benzene rings is 2. The lowest BCUT2D eigenvalue weighted by Gasteiger charge is -2.15. The number of para-hydroxylation sites is 2. The minimum atomic E-state index is -4.87. The van der Waals surface area contributed by atoms with Crippen molar-refractivity contribution >= 4 is 17.1 Å². The molecule has 2 aromatic rings. The molecular weight excluding hydrogens is 315 g/mol. The summed E-state index contributed by atoms with van der Waals surface area (Å²) in [6, 6.07) is 10.4. The molecule has 0 heterocycles. The number of halogens is 3. The van der Waals surface area contributed by atoms with Gasteiger partial charge in [-0.05, 0) is 18.2 Å². The largest absolute Gasteiger partial charge is 0.573 e. The number of nitrogens with zero attached hydrogens (tertiary/aromatic N) is 2. The molecule has 2 rings (SSSR count). The van der Waals surface area contributed by atoms with Crippen molar-refractivity contribution < 1.29 is 22.8 Å². The Hall–Kier alpha value is -3.28. The molecular formula is C14H8F3N3O3. The molecule has 0 unspecified atom stereocenters. The van der Waals surface area contributed by atoms with Gasteiger partial charge in [0.1, 0.15) is 6.07 Å². The molecule has 0 bridgehead atoms. The van der Waals surface area contributed by atoms with E-state index in [1.54, 1.807) is 6.07 Å². The fraction of sp³-hybridized carbons (Fsp3) is 0.0714. The van der Waals surface area contributed by atoms with E-state index in [4.69, 9.17) is 5.26 Å². The highest BCUT2D eigenvalue weighted by atomic mass is 19.4. The molecule has 0 spiro atoms. The number of nitrogens with one attached hydrogen (secondary N) is 1. The molecule has 0 aliphatic carbocycles. The predicted molar refractivity (Wildman–Crippen MR) is 74.2 cm³/mol. The van der Waals surface area contributed by atoms with E-state index >= 15 is 0 Å². The minimum Gasteiger partial charge on any atom is -0.404 e. The zero-order valence-electron chi connectivity index (χ0n) is 11.3. The van der Waals surface area contributed by atoms with Crippen molar-refractivity contribution in [3.8, 4) is 11.8 Å². The number of hydrogen-bond donors (Lipinski definition) is 1. The predicted octanol–water partition coefficient (Wildman–Crippen LogP) is 4.11. The number of non-ortho nitro benzene ring substituents is 1. The van der Waals surface area contributed by atoms with E-state index in [1.165, 1.54) is 24.3 Å². The maximum Gasteiger partial charge on any atom is 0.573 e. The van der Waals surface area contributed by atoms with Crippen LogP contribution >= 0.6 is 0 Å². The van der Waals surface area contributed by atoms with Crippen LogP contribution in [0, 0.1) is 21.4 Å². The van der Waals surface area contributed by atoms with E-state index in [1.807, 2.05) is 0 Å². The van der Waals surface area contributed by atoms with Gasteiger partial charge >= 0.3 is 6.36 Å². The monoisotopic (exact) mass is 323 g/mol. The van der Waals surface area contributed by atoms with E-state index in [0.29, 0.717) is 0 Å². The molecule has 9 heteroatoms. The Kier molecular flexibility index (Phi) is 4.36. The summed E-state index contributed by atoms with van der Waals surface area (Å²) >= 11 is 0. The SMILES string of the molecule is N#Cc1cc([N+](=O)[O-])ccc1Nc1ccccc1OC(F)(F)F. The Bertz CT molecular complexity index is 785. The van der Waals surface area contributed by atoms with Crippen LogP contribution in [0.25, 0.3) is 0 Å². The molecule has 0 radical (unpaired) electrons. The Morgan fingerprint density at radius 2 is 1.87 bits per heavy atom. The summed E-state index contributed by atoms with van der Waals surface area (Å²) in [4.78, 5) is 10.0. The van der Waals surface area contributed by atoms with Crippen LogP contribution in [0.1, 0.15) is 5.56 Å². The lowest BCUT2D eigenvalue weighted by molar-refractivity contribution is -0.384. The second kappa shape index (κ2) is 6.23. The highest BCUT2D eigenvalue weighted by molar-refractivity contribution is 5.72. The number of hydrogen-bond acceptors (Lipinski definition) is 5. The smallest absolute Gasteiger partial charge is 0.404 e. The van der Waals surface area contributed by atoms with Crippen molar-refractivity contribution in [3.05, 3.63) is 58.1 Å². The molecule has 0 aliphatic rings. The van der Waals surface area contributed by atoms with Gasteiger partial charge in [-0.15, -0.1) is 13.2 Å². The average Bonchev–Trinajstić information content (AvgIpc) is 2.48. The number of nitro groups is 1. The van der Waals surface area contributed by atoms with Crippen LogP contribution in [0.15, 0.2) is 42.5 Å². The molecule has 0 saturated heterocycles. The Morgan fingerprint density at radius 3 is 2.48 bits per heavy atom. The van der Waals surface area contributed by atoms with Gasteiger partial charge in [-0.3, -0.25) is 10.1 Å². The van der Waals surface area contributed by atoms with Crippen molar-refractivity contribution in [2.24, 2.45) is 0 Å². The first kappa shape index (κ1) is 16.1. The van der Waals surface area contributed by atoms with Gasteiger partial charge in [-0.25, -0.2) is 0 Å². The van der Waals surface area contributed by atoms with Crippen LogP contribution in [-0.4, -0.2) is 11.3 Å². The van der Waals surface area contributed by atoms with Crippen LogP contribution < -0.4 is 10.1 Å². The summed E-state index contributed by atoms with van der Waals surface area (Å²) in [6.45, 7) is 0. The number of rotatable bonds is 4. The van der Waals surface area contributed by atoms with Gasteiger partial charge in [0.15, 0.2) is 5.75 Å². The Labute approximate surface area is 127 Å². The molecule has 6 nitrogen and oxygen atoms in total. The molecule has 1 N–H and O–H groups in total. The fourth-order valence-corrected chi connectivity index (χ4v) is 1.78. The molecule has 0 fully saturated rings. The maximum absolute atomic E-state index is 12.4. The van der Waals surface area contributed by atoms with E-state index in [0.717, 1.165) is 18.2 Å². The van der Waals surface area contributed by atoms with Gasteiger partial charge in [0.25, 0.3) is 5.69 Å². The van der Waals surface area contributed by atoms with E-state index in [-0.39, 0.29) is 22.6 Å². The quantitative estimate of drug-likeness (QED) is 0.675. The van der Waals surface area contributed by atoms with Crippen LogP contribution in [0.2, 0.25) is 0 Å². The lowest BCUT2D eigenvalue weighted by atomic mass is 10.1. The zero-order chi connectivity index (χ0) is 17.0. The highest BCUT2D eigenvalue weighted by Gasteiger charge is 2.32. The fourth-order valence-electron chi connectivity index (χ4n) is 1.78. The molecule has 23 heavy (non-hydrogen) atoms. The standard InChI is InChI=1S/C14H8F3N3O3/c15-14(16,17)23-13-4-2-1-3-12(13)19-11-6-5-10(20(21)22)7-9(11)8-18/h1-7,19H. The Balaban J connectivity index is 2.37. The van der Waals surface area contributed by atoms with Gasteiger partial charge in [0.2, 0.25) is 0 Å². The Morgan fingerprint density at radius 1 is 1.17 bits per heavy atom. The van der Waals surface area contributed by atoms with Crippen LogP contribution in [0.5, 0.6) is 5.75 Å². The topological polar surface area (TPSA) is 88.2 Å². The number of alkyl halides is 3. The minimum absolute atomic E-state index is 0.0322. The molecule has 0 saturated carbocycles. The molecule has 118 valence electrons. The average molecular weight is 323 g/mol. The van der Waals surface area contributed by atoms with Gasteiger partial charge in [0.05, 0.1) is 21.9 Å². The van der Waals surface area contributed by atoms with E-state index < -0.39 is 17.0 Å². The normalized spacial score (nSPS) is 10.7. The van der Waals surface area contributed by atoms with Crippen molar-refractivity contribution in [2.45, 2.75) is 6.36 Å². The summed E-state index contributed by atoms with van der Waals surface area (Å²) in [6.07, 6.45) is -4.87. The van der Waals surface area contributed by atoms with Gasteiger partial charge < -0.3 is 10.1 Å². The third-order valence-electron chi connectivity index (χ3n) is 2.72. The summed E-state index contributed by atoms with van der Waals surface area (Å²) in [5.41, 5.74) is -0.292. The number of ether oxygens (including phenoxy) is 1. The summed E-state index contributed by atoms with van der Waals surface area (Å²) in [7, 11) is 0. The van der Waals surface area contributed by atoms with Crippen LogP contribution in [0.4, 0.5) is 30.2 Å². The highest BCUT2D eigenvalue weighted by Crippen LogP contribution is 2.33. The van der Waals surface area contributed by atoms with Gasteiger partial charge in [-0.2, -0.15) is 5.26 Å². The second-order valence-corrected chi connectivity index (χ2v) is 4.27. The van der Waals surface area contributed by atoms with Gasteiger partial charge in [-0.1, -0.05) is 12.1 Å². The molecule has 0 aromatic heterocycles. The van der Waals surface area contributed by atoms with Gasteiger partial charge in [0, 0.05) is 12.1 Å². The van der Waals surface area contributed by atoms with Crippen LogP contribution in [-0.2, 0) is 0 Å². The second-order valence-electron chi connectivity index (χ2n) is 4.27. The lowest BCUT2D eigenvalue weighted by Crippen LogP contribution is -2.17. The summed E-state index contributed by atoms with van der Waals surface area (Å²) in [5, 5.41) is 22.3. The summed E-state index contributed by atoms with van der Waals surface area (Å²) in [5.74, 6) is -0.484. The van der Waals surface area contributed by atoms with E-state index in [9.17, 15) is 23.3 Å². The molecule has 0 atom stereocenters. The molecule has 2 aromatic carbocycles. The molecule has 0 aliphatic heterocycles.